The van der Waals surface area contributed by atoms with E-state index in [0.717, 1.165) is 48.5 Å². The van der Waals surface area contributed by atoms with Crippen molar-refractivity contribution < 1.29 is 24.1 Å². The van der Waals surface area contributed by atoms with Gasteiger partial charge in [0.1, 0.15) is 11.5 Å². The summed E-state index contributed by atoms with van der Waals surface area (Å²) in [5, 5.41) is 15.3. The number of hydrogen-bond acceptors (Lipinski definition) is 6. The van der Waals surface area contributed by atoms with Crippen LogP contribution in [0.15, 0.2) is 103 Å². The molecule has 0 radical (unpaired) electrons. The molecule has 0 unspecified atom stereocenters. The van der Waals surface area contributed by atoms with Gasteiger partial charge in [0.2, 0.25) is 0 Å². The van der Waals surface area contributed by atoms with E-state index in [-0.39, 0.29) is 24.8 Å². The summed E-state index contributed by atoms with van der Waals surface area (Å²) in [6.07, 6.45) is 3.76. The van der Waals surface area contributed by atoms with E-state index >= 15 is 0 Å². The van der Waals surface area contributed by atoms with E-state index in [9.17, 15) is 9.90 Å². The van der Waals surface area contributed by atoms with E-state index < -0.39 is 6.29 Å². The number of piperidine rings is 1. The van der Waals surface area contributed by atoms with Crippen LogP contribution in [0, 0.1) is 0 Å². The van der Waals surface area contributed by atoms with E-state index in [2.05, 4.69) is 15.5 Å². The highest BCUT2D eigenvalue weighted by atomic mass is 16.7. The minimum absolute atomic E-state index is 0.00289. The number of nitrogens with zero attached hydrogens (tertiary/aromatic N) is 1. The summed E-state index contributed by atoms with van der Waals surface area (Å²) in [4.78, 5) is 15.4. The van der Waals surface area contributed by atoms with E-state index in [1.807, 2.05) is 91.0 Å². The van der Waals surface area contributed by atoms with E-state index in [4.69, 9.17) is 14.2 Å². The Morgan fingerprint density at radius 2 is 1.50 bits per heavy atom. The molecule has 0 bridgehead atoms. The molecule has 2 saturated heterocycles. The standard InChI is InChI=1S/C36H39N3O5/c40-25-26-12-14-27(15-13-26)34-23-33(24-39-20-5-2-6-21-39)43-35(44-34)28-8-7-9-30(22-28)38-36(41)37-29-16-18-32(19-17-29)42-31-10-3-1-4-11-31/h1,3-4,7-19,22,33-35,40H,2,5-6,20-21,23-25H2,(H2,37,38,41)/t33-,34+,35+/m0/s1. The molecule has 228 valence electrons. The quantitative estimate of drug-likeness (QED) is 0.185. The molecule has 2 fully saturated rings. The van der Waals surface area contributed by atoms with Gasteiger partial charge in [0.15, 0.2) is 6.29 Å². The Hall–Kier alpha value is -4.21. The van der Waals surface area contributed by atoms with Gasteiger partial charge >= 0.3 is 6.03 Å². The van der Waals surface area contributed by atoms with Crippen LogP contribution in [0.3, 0.4) is 0 Å². The van der Waals surface area contributed by atoms with Crippen molar-refractivity contribution >= 4 is 17.4 Å². The van der Waals surface area contributed by atoms with Crippen molar-refractivity contribution in [2.45, 2.75) is 50.8 Å². The number of ether oxygens (including phenoxy) is 3. The highest BCUT2D eigenvalue weighted by Crippen LogP contribution is 2.39. The first-order valence-corrected chi connectivity index (χ1v) is 15.4. The molecule has 2 heterocycles. The number of likely N-dealkylation sites (tertiary alicyclic amines) is 1. The van der Waals surface area contributed by atoms with Crippen molar-refractivity contribution in [3.05, 3.63) is 120 Å². The topological polar surface area (TPSA) is 92.3 Å². The number of rotatable bonds is 9. The number of amides is 2. The summed E-state index contributed by atoms with van der Waals surface area (Å²) in [6, 6.07) is 32.0. The van der Waals surface area contributed by atoms with Crippen molar-refractivity contribution in [3.8, 4) is 11.5 Å². The Morgan fingerprint density at radius 1 is 0.773 bits per heavy atom. The zero-order valence-corrected chi connectivity index (χ0v) is 24.7. The normalized spacial score (nSPS) is 20.5. The van der Waals surface area contributed by atoms with Crippen LogP contribution in [0.5, 0.6) is 11.5 Å². The zero-order chi connectivity index (χ0) is 30.1. The van der Waals surface area contributed by atoms with Crippen LogP contribution in [0.2, 0.25) is 0 Å². The lowest BCUT2D eigenvalue weighted by molar-refractivity contribution is -0.253. The molecule has 44 heavy (non-hydrogen) atoms. The lowest BCUT2D eigenvalue weighted by atomic mass is 9.99. The largest absolute Gasteiger partial charge is 0.457 e. The van der Waals surface area contributed by atoms with Gasteiger partial charge in [0, 0.05) is 29.9 Å². The molecule has 2 aliphatic rings. The summed E-state index contributed by atoms with van der Waals surface area (Å²) >= 11 is 0. The van der Waals surface area contributed by atoms with Gasteiger partial charge in [0.05, 0.1) is 18.8 Å². The second-order valence-electron chi connectivity index (χ2n) is 11.4. The van der Waals surface area contributed by atoms with Crippen LogP contribution in [-0.2, 0) is 16.1 Å². The smallest absolute Gasteiger partial charge is 0.323 e. The summed E-state index contributed by atoms with van der Waals surface area (Å²) in [6.45, 7) is 3.06. The van der Waals surface area contributed by atoms with Gasteiger partial charge in [-0.05, 0) is 85.6 Å². The Balaban J connectivity index is 1.11. The monoisotopic (exact) mass is 593 g/mol. The maximum atomic E-state index is 12.9. The molecule has 4 aromatic carbocycles. The van der Waals surface area contributed by atoms with E-state index in [0.29, 0.717) is 17.1 Å². The molecule has 0 aliphatic carbocycles. The molecule has 0 aromatic heterocycles. The number of carbonyl (C=O) groups excluding carboxylic acids is 1. The molecular formula is C36H39N3O5. The molecule has 4 aromatic rings. The van der Waals surface area contributed by atoms with Gasteiger partial charge < -0.3 is 34.9 Å². The van der Waals surface area contributed by atoms with Crippen molar-refractivity contribution in [2.75, 3.05) is 30.3 Å². The molecule has 6 rings (SSSR count). The van der Waals surface area contributed by atoms with Gasteiger partial charge in [-0.15, -0.1) is 0 Å². The summed E-state index contributed by atoms with van der Waals surface area (Å²) in [7, 11) is 0. The van der Waals surface area contributed by atoms with Crippen LogP contribution in [0.1, 0.15) is 54.8 Å². The average molecular weight is 594 g/mol. The number of urea groups is 1. The molecule has 8 heteroatoms. The predicted molar refractivity (Wildman–Crippen MR) is 171 cm³/mol. The number of para-hydroxylation sites is 1. The first-order valence-electron chi connectivity index (χ1n) is 15.4. The Morgan fingerprint density at radius 3 is 2.25 bits per heavy atom. The lowest BCUT2D eigenvalue weighted by Gasteiger charge is -2.39. The first-order chi connectivity index (χ1) is 21.6. The van der Waals surface area contributed by atoms with Crippen LogP contribution in [0.25, 0.3) is 0 Å². The Labute approximate surface area is 258 Å². The number of carbonyl (C=O) groups is 1. The van der Waals surface area contributed by atoms with Crippen LogP contribution in [0.4, 0.5) is 16.2 Å². The van der Waals surface area contributed by atoms with E-state index in [1.165, 1.54) is 19.3 Å². The maximum Gasteiger partial charge on any atom is 0.323 e. The third-order valence-corrected chi connectivity index (χ3v) is 8.03. The van der Waals surface area contributed by atoms with Gasteiger partial charge in [-0.1, -0.05) is 61.0 Å². The summed E-state index contributed by atoms with van der Waals surface area (Å²) < 4.78 is 18.9. The molecule has 0 spiro atoms. The van der Waals surface area contributed by atoms with Crippen LogP contribution < -0.4 is 15.4 Å². The Kier molecular flexibility index (Phi) is 9.84. The molecule has 3 N–H and O–H groups in total. The van der Waals surface area contributed by atoms with Gasteiger partial charge in [-0.3, -0.25) is 0 Å². The van der Waals surface area contributed by atoms with Crippen molar-refractivity contribution in [2.24, 2.45) is 0 Å². The fourth-order valence-electron chi connectivity index (χ4n) is 5.75. The predicted octanol–water partition coefficient (Wildman–Crippen LogP) is 7.65. The van der Waals surface area contributed by atoms with E-state index in [1.54, 1.807) is 12.1 Å². The summed E-state index contributed by atoms with van der Waals surface area (Å²) in [5.74, 6) is 1.43. The Bertz CT molecular complexity index is 1490. The molecular weight excluding hydrogens is 554 g/mol. The fourth-order valence-corrected chi connectivity index (χ4v) is 5.75. The third kappa shape index (κ3) is 8.03. The van der Waals surface area contributed by atoms with Gasteiger partial charge in [0.25, 0.3) is 0 Å². The number of nitrogens with one attached hydrogen (secondary N) is 2. The zero-order valence-electron chi connectivity index (χ0n) is 24.7. The second kappa shape index (κ2) is 14.5. The molecule has 3 atom stereocenters. The number of aliphatic hydroxyl groups excluding tert-OH is 1. The lowest BCUT2D eigenvalue weighted by Crippen LogP contribution is -2.41. The highest BCUT2D eigenvalue weighted by molar-refractivity contribution is 5.99. The SMILES string of the molecule is O=C(Nc1ccc(Oc2ccccc2)cc1)Nc1cccc([C@@H]2O[C@H](CN3CCCCC3)C[C@H](c3ccc(CO)cc3)O2)c1. The molecule has 8 nitrogen and oxygen atoms in total. The third-order valence-electron chi connectivity index (χ3n) is 8.03. The number of anilines is 2. The maximum absolute atomic E-state index is 12.9. The number of hydrogen-bond donors (Lipinski definition) is 3. The summed E-state index contributed by atoms with van der Waals surface area (Å²) in [5.41, 5.74) is 4.06. The van der Waals surface area contributed by atoms with Crippen molar-refractivity contribution in [1.29, 1.82) is 0 Å². The fraction of sp³-hybridized carbons (Fsp3) is 0.306. The molecule has 0 saturated carbocycles. The second-order valence-corrected chi connectivity index (χ2v) is 11.4. The number of aliphatic hydroxyl groups is 1. The number of benzene rings is 4. The van der Waals surface area contributed by atoms with Crippen molar-refractivity contribution in [1.82, 2.24) is 4.90 Å². The van der Waals surface area contributed by atoms with Crippen molar-refractivity contribution in [3.63, 3.8) is 0 Å². The van der Waals surface area contributed by atoms with Crippen LogP contribution >= 0.6 is 0 Å². The average Bonchev–Trinajstić information content (AvgIpc) is 3.06. The molecule has 2 aliphatic heterocycles. The first kappa shape index (κ1) is 29.8. The minimum atomic E-state index is -0.581. The van der Waals surface area contributed by atoms with Gasteiger partial charge in [-0.25, -0.2) is 4.79 Å². The van der Waals surface area contributed by atoms with Crippen LogP contribution in [-0.4, -0.2) is 41.8 Å². The molecule has 2 amide bonds. The van der Waals surface area contributed by atoms with Gasteiger partial charge in [-0.2, -0.15) is 0 Å². The minimum Gasteiger partial charge on any atom is -0.457 e. The highest BCUT2D eigenvalue weighted by Gasteiger charge is 2.33.